The van der Waals surface area contributed by atoms with Gasteiger partial charge in [-0.2, -0.15) is 11.8 Å². The summed E-state index contributed by atoms with van der Waals surface area (Å²) in [5, 5.41) is 0.575. The highest BCUT2D eigenvalue weighted by Gasteiger charge is 2.12. The highest BCUT2D eigenvalue weighted by atomic mass is 35.5. The monoisotopic (exact) mass is 289 g/mol. The molecule has 0 heterocycles. The van der Waals surface area contributed by atoms with Crippen molar-refractivity contribution in [2.75, 3.05) is 25.7 Å². The van der Waals surface area contributed by atoms with Gasteiger partial charge in [-0.05, 0) is 37.3 Å². The maximum absolute atomic E-state index is 6.22. The number of benzene rings is 1. The fraction of sp³-hybridized carbons (Fsp3) is 0.538. The molecule has 3 nitrogen and oxygen atoms in total. The Balaban J connectivity index is 2.89. The summed E-state index contributed by atoms with van der Waals surface area (Å²) < 4.78 is 11.0. The van der Waals surface area contributed by atoms with E-state index in [1.165, 1.54) is 0 Å². The number of ether oxygens (including phenoxy) is 2. The third kappa shape index (κ3) is 4.59. The number of nitrogens with two attached hydrogens (primary N) is 1. The molecule has 0 aromatic heterocycles. The third-order valence-electron chi connectivity index (χ3n) is 2.38. The molecule has 1 aromatic carbocycles. The summed E-state index contributed by atoms with van der Waals surface area (Å²) in [5.41, 5.74) is 6.84. The molecule has 1 aromatic rings. The van der Waals surface area contributed by atoms with Crippen molar-refractivity contribution in [3.8, 4) is 11.5 Å². The lowest BCUT2D eigenvalue weighted by atomic mass is 10.1. The lowest BCUT2D eigenvalue weighted by Gasteiger charge is -2.14. The molecule has 1 atom stereocenters. The van der Waals surface area contributed by atoms with Crippen LogP contribution in [0, 0.1) is 0 Å². The van der Waals surface area contributed by atoms with Crippen LogP contribution in [-0.4, -0.2) is 31.8 Å². The van der Waals surface area contributed by atoms with Crippen LogP contribution in [-0.2, 0) is 6.42 Å². The van der Waals surface area contributed by atoms with E-state index >= 15 is 0 Å². The van der Waals surface area contributed by atoms with E-state index in [-0.39, 0.29) is 6.04 Å². The van der Waals surface area contributed by atoms with Crippen LogP contribution in [0.5, 0.6) is 11.5 Å². The number of methoxy groups -OCH3 is 1. The fourth-order valence-electron chi connectivity index (χ4n) is 1.63. The van der Waals surface area contributed by atoms with Gasteiger partial charge in [0.2, 0.25) is 0 Å². The second-order valence-electron chi connectivity index (χ2n) is 4.13. The molecular formula is C13H20ClNO2S. The number of rotatable bonds is 7. The summed E-state index contributed by atoms with van der Waals surface area (Å²) in [5.74, 6) is 2.20. The molecule has 0 aliphatic rings. The zero-order valence-corrected chi connectivity index (χ0v) is 12.6. The van der Waals surface area contributed by atoms with E-state index in [2.05, 4.69) is 0 Å². The molecule has 102 valence electrons. The summed E-state index contributed by atoms with van der Waals surface area (Å²) in [6.07, 6.45) is 2.80. The molecule has 1 unspecified atom stereocenters. The Kier molecular flexibility index (Phi) is 6.68. The molecule has 2 N–H and O–H groups in total. The second-order valence-corrected chi connectivity index (χ2v) is 5.52. The van der Waals surface area contributed by atoms with Gasteiger partial charge >= 0.3 is 0 Å². The van der Waals surface area contributed by atoms with Crippen LogP contribution in [0.25, 0.3) is 0 Å². The Morgan fingerprint density at radius 1 is 1.44 bits per heavy atom. The average Bonchev–Trinajstić information content (AvgIpc) is 2.30. The van der Waals surface area contributed by atoms with Gasteiger partial charge in [0.15, 0.2) is 11.5 Å². The Morgan fingerprint density at radius 2 is 2.17 bits per heavy atom. The predicted octanol–water partition coefficient (Wildman–Crippen LogP) is 2.98. The van der Waals surface area contributed by atoms with Gasteiger partial charge in [-0.25, -0.2) is 0 Å². The minimum Gasteiger partial charge on any atom is -0.493 e. The molecule has 0 spiro atoms. The molecule has 0 radical (unpaired) electrons. The molecule has 0 amide bonds. The minimum atomic E-state index is 0.0917. The van der Waals surface area contributed by atoms with Gasteiger partial charge in [0.25, 0.3) is 0 Å². The van der Waals surface area contributed by atoms with Gasteiger partial charge in [-0.1, -0.05) is 11.6 Å². The van der Waals surface area contributed by atoms with Crippen molar-refractivity contribution >= 4 is 23.4 Å². The first-order chi connectivity index (χ1) is 8.58. The number of hydrogen-bond acceptors (Lipinski definition) is 4. The maximum atomic E-state index is 6.22. The molecule has 0 bridgehead atoms. The molecule has 5 heteroatoms. The van der Waals surface area contributed by atoms with Crippen LogP contribution in [0.2, 0.25) is 5.02 Å². The Hall–Kier alpha value is -0.580. The zero-order valence-electron chi connectivity index (χ0n) is 11.0. The standard InChI is InChI=1S/C13H20ClNO2S/c1-9(15)6-10-7-11(14)13(12(8-10)16-2)17-4-5-18-3/h7-9H,4-6,15H2,1-3H3. The smallest absolute Gasteiger partial charge is 0.179 e. The predicted molar refractivity (Wildman–Crippen MR) is 79.2 cm³/mol. The lowest BCUT2D eigenvalue weighted by molar-refractivity contribution is 0.313. The van der Waals surface area contributed by atoms with E-state index in [1.807, 2.05) is 25.3 Å². The SMILES string of the molecule is COc1cc(CC(C)N)cc(Cl)c1OCCSC. The van der Waals surface area contributed by atoms with Crippen LogP contribution in [0.3, 0.4) is 0 Å². The van der Waals surface area contributed by atoms with Crippen LogP contribution >= 0.6 is 23.4 Å². The van der Waals surface area contributed by atoms with Gasteiger partial charge in [0, 0.05) is 11.8 Å². The first-order valence-corrected chi connectivity index (χ1v) is 7.59. The highest BCUT2D eigenvalue weighted by molar-refractivity contribution is 7.98. The van der Waals surface area contributed by atoms with Crippen molar-refractivity contribution in [1.29, 1.82) is 0 Å². The normalized spacial score (nSPS) is 12.3. The molecular weight excluding hydrogens is 270 g/mol. The molecule has 0 saturated carbocycles. The minimum absolute atomic E-state index is 0.0917. The van der Waals surface area contributed by atoms with Crippen LogP contribution in [0.4, 0.5) is 0 Å². The van der Waals surface area contributed by atoms with Gasteiger partial charge < -0.3 is 15.2 Å². The third-order valence-corrected chi connectivity index (χ3v) is 3.24. The molecule has 0 saturated heterocycles. The average molecular weight is 290 g/mol. The molecule has 0 aliphatic heterocycles. The maximum Gasteiger partial charge on any atom is 0.179 e. The largest absolute Gasteiger partial charge is 0.493 e. The first kappa shape index (κ1) is 15.5. The summed E-state index contributed by atoms with van der Waals surface area (Å²) in [4.78, 5) is 0. The molecule has 0 aliphatic carbocycles. The summed E-state index contributed by atoms with van der Waals surface area (Å²) in [6.45, 7) is 2.58. The molecule has 18 heavy (non-hydrogen) atoms. The van der Waals surface area contributed by atoms with E-state index in [9.17, 15) is 0 Å². The summed E-state index contributed by atoms with van der Waals surface area (Å²) in [6, 6.07) is 3.92. The highest BCUT2D eigenvalue weighted by Crippen LogP contribution is 2.36. The van der Waals surface area contributed by atoms with Crippen molar-refractivity contribution in [2.45, 2.75) is 19.4 Å². The Labute approximate surface area is 118 Å². The van der Waals surface area contributed by atoms with Crippen molar-refractivity contribution in [2.24, 2.45) is 5.73 Å². The second kappa shape index (κ2) is 7.77. The Morgan fingerprint density at radius 3 is 2.72 bits per heavy atom. The molecule has 0 fully saturated rings. The van der Waals surface area contributed by atoms with E-state index in [4.69, 9.17) is 26.8 Å². The molecule has 1 rings (SSSR count). The van der Waals surface area contributed by atoms with Crippen molar-refractivity contribution < 1.29 is 9.47 Å². The number of thioether (sulfide) groups is 1. The number of hydrogen-bond donors (Lipinski definition) is 1. The van der Waals surface area contributed by atoms with Gasteiger partial charge in [-0.3, -0.25) is 0 Å². The van der Waals surface area contributed by atoms with E-state index in [0.717, 1.165) is 17.7 Å². The lowest BCUT2D eigenvalue weighted by Crippen LogP contribution is -2.17. The summed E-state index contributed by atoms with van der Waals surface area (Å²) >= 11 is 7.95. The topological polar surface area (TPSA) is 44.5 Å². The van der Waals surface area contributed by atoms with Gasteiger partial charge in [-0.15, -0.1) is 0 Å². The fourth-order valence-corrected chi connectivity index (χ4v) is 2.17. The Bertz CT molecular complexity index is 385. The zero-order chi connectivity index (χ0) is 13.5. The van der Waals surface area contributed by atoms with Crippen LogP contribution < -0.4 is 15.2 Å². The van der Waals surface area contributed by atoms with E-state index in [0.29, 0.717) is 23.1 Å². The van der Waals surface area contributed by atoms with E-state index in [1.54, 1.807) is 18.9 Å². The van der Waals surface area contributed by atoms with Crippen LogP contribution in [0.15, 0.2) is 12.1 Å². The van der Waals surface area contributed by atoms with Crippen molar-refractivity contribution in [3.05, 3.63) is 22.7 Å². The van der Waals surface area contributed by atoms with Crippen LogP contribution in [0.1, 0.15) is 12.5 Å². The van der Waals surface area contributed by atoms with Crippen molar-refractivity contribution in [3.63, 3.8) is 0 Å². The van der Waals surface area contributed by atoms with Crippen molar-refractivity contribution in [1.82, 2.24) is 0 Å². The van der Waals surface area contributed by atoms with E-state index < -0.39 is 0 Å². The summed E-state index contributed by atoms with van der Waals surface area (Å²) in [7, 11) is 1.61. The quantitative estimate of drug-likeness (QED) is 0.784. The van der Waals surface area contributed by atoms with Gasteiger partial charge in [0.05, 0.1) is 18.7 Å². The van der Waals surface area contributed by atoms with Gasteiger partial charge in [0.1, 0.15) is 0 Å². The first-order valence-electron chi connectivity index (χ1n) is 5.82. The number of halogens is 1.